The molecule has 0 bridgehead atoms. The molecule has 0 aliphatic carbocycles. The van der Waals surface area contributed by atoms with Crippen molar-refractivity contribution in [2.24, 2.45) is 0 Å². The standard InChI is InChI=1S/C57H98O6/c1-4-7-10-13-16-19-22-25-27-29-32-35-38-41-44-47-50-56(59)62-53-54(52-61-55(58)49-46-43-40-37-34-31-24-21-18-15-12-9-6-3)63-57(60)51-48-45-42-39-36-33-30-28-26-23-20-17-14-11-8-5-2/h7,10,16,19,25,27-28,30-31,34,40,43,54H,4-6,8-9,11-15,17-18,20-24,26,29,32-33,35-39,41-42,44-53H2,1-3H3/b10-7+,19-16+,27-25+,30-28+,34-31+,43-40+. The summed E-state index contributed by atoms with van der Waals surface area (Å²) in [6.45, 7) is 6.45. The number of unbranched alkanes of at least 4 members (excludes halogenated alkanes) is 24. The molecule has 0 rings (SSSR count). The summed E-state index contributed by atoms with van der Waals surface area (Å²) in [5.74, 6) is -0.991. The first-order chi connectivity index (χ1) is 31.0. The average molecular weight is 879 g/mol. The van der Waals surface area contributed by atoms with Crippen LogP contribution in [0.4, 0.5) is 0 Å². The molecule has 0 radical (unpaired) electrons. The quantitative estimate of drug-likeness (QED) is 0.0262. The van der Waals surface area contributed by atoms with E-state index in [0.717, 1.165) is 89.9 Å². The molecule has 6 nitrogen and oxygen atoms in total. The van der Waals surface area contributed by atoms with Crippen molar-refractivity contribution >= 4 is 17.9 Å². The van der Waals surface area contributed by atoms with Crippen LogP contribution in [0.3, 0.4) is 0 Å². The van der Waals surface area contributed by atoms with Gasteiger partial charge in [0.15, 0.2) is 6.10 Å². The monoisotopic (exact) mass is 879 g/mol. The second-order valence-corrected chi connectivity index (χ2v) is 17.4. The van der Waals surface area contributed by atoms with Crippen LogP contribution in [0.15, 0.2) is 72.9 Å². The second-order valence-electron chi connectivity index (χ2n) is 17.4. The highest BCUT2D eigenvalue weighted by molar-refractivity contribution is 5.71. The smallest absolute Gasteiger partial charge is 0.306 e. The Kier molecular flexibility index (Phi) is 48.9. The van der Waals surface area contributed by atoms with E-state index >= 15 is 0 Å². The Morgan fingerprint density at radius 1 is 0.333 bits per heavy atom. The van der Waals surface area contributed by atoms with Gasteiger partial charge in [0, 0.05) is 19.3 Å². The van der Waals surface area contributed by atoms with Crippen LogP contribution in [0.2, 0.25) is 0 Å². The predicted octanol–water partition coefficient (Wildman–Crippen LogP) is 17.4. The number of carbonyl (C=O) groups is 3. The number of esters is 3. The van der Waals surface area contributed by atoms with Crippen LogP contribution in [-0.2, 0) is 28.6 Å². The van der Waals surface area contributed by atoms with Crippen LogP contribution in [0.5, 0.6) is 0 Å². The minimum absolute atomic E-state index is 0.103. The fourth-order valence-electron chi connectivity index (χ4n) is 7.21. The van der Waals surface area contributed by atoms with E-state index in [9.17, 15) is 14.4 Å². The van der Waals surface area contributed by atoms with Crippen LogP contribution in [0, 0.1) is 0 Å². The van der Waals surface area contributed by atoms with Crippen LogP contribution < -0.4 is 0 Å². The molecule has 1 atom stereocenters. The van der Waals surface area contributed by atoms with Crippen molar-refractivity contribution in [2.75, 3.05) is 13.2 Å². The molecule has 0 N–H and O–H groups in total. The lowest BCUT2D eigenvalue weighted by molar-refractivity contribution is -0.166. The van der Waals surface area contributed by atoms with E-state index in [1.165, 1.54) is 116 Å². The fraction of sp³-hybridized carbons (Fsp3) is 0.737. The van der Waals surface area contributed by atoms with Gasteiger partial charge in [-0.2, -0.15) is 0 Å². The van der Waals surface area contributed by atoms with Gasteiger partial charge in [0.05, 0.1) is 0 Å². The molecule has 0 aliphatic rings. The molecule has 0 amide bonds. The van der Waals surface area contributed by atoms with Gasteiger partial charge in [-0.3, -0.25) is 14.4 Å². The number of ether oxygens (including phenoxy) is 3. The summed E-state index contributed by atoms with van der Waals surface area (Å²) in [6.07, 6.45) is 64.7. The molecule has 63 heavy (non-hydrogen) atoms. The predicted molar refractivity (Wildman–Crippen MR) is 270 cm³/mol. The van der Waals surface area contributed by atoms with E-state index < -0.39 is 6.10 Å². The van der Waals surface area contributed by atoms with Gasteiger partial charge >= 0.3 is 17.9 Å². The van der Waals surface area contributed by atoms with Crippen molar-refractivity contribution in [3.05, 3.63) is 72.9 Å². The summed E-state index contributed by atoms with van der Waals surface area (Å²) in [6, 6.07) is 0. The summed E-state index contributed by atoms with van der Waals surface area (Å²) in [5, 5.41) is 0. The number of rotatable bonds is 47. The highest BCUT2D eigenvalue weighted by atomic mass is 16.6. The third kappa shape index (κ3) is 49.7. The van der Waals surface area contributed by atoms with Crippen molar-refractivity contribution in [3.63, 3.8) is 0 Å². The Labute approximate surface area is 389 Å². The van der Waals surface area contributed by atoms with Crippen molar-refractivity contribution in [2.45, 2.75) is 258 Å². The van der Waals surface area contributed by atoms with Crippen LogP contribution in [-0.4, -0.2) is 37.2 Å². The van der Waals surface area contributed by atoms with Crippen LogP contribution >= 0.6 is 0 Å². The number of hydrogen-bond acceptors (Lipinski definition) is 6. The molecule has 6 heteroatoms. The third-order valence-electron chi connectivity index (χ3n) is 11.2. The van der Waals surface area contributed by atoms with Crippen molar-refractivity contribution < 1.29 is 28.6 Å². The van der Waals surface area contributed by atoms with Crippen LogP contribution in [0.1, 0.15) is 252 Å². The SMILES string of the molecule is CC/C=C/C/C=C/C/C=C/CCCCCCCCC(=O)OCC(COC(=O)CC/C=C/C/C=C/CCCCCCCC)OC(=O)CCCCCCC/C=C/CCCCCCCCC. The molecule has 0 heterocycles. The van der Waals surface area contributed by atoms with Gasteiger partial charge in [0.1, 0.15) is 13.2 Å². The van der Waals surface area contributed by atoms with E-state index in [1.807, 2.05) is 6.08 Å². The van der Waals surface area contributed by atoms with Crippen LogP contribution in [0.25, 0.3) is 0 Å². The molecule has 0 aliphatic heterocycles. The van der Waals surface area contributed by atoms with Gasteiger partial charge < -0.3 is 14.2 Å². The molecule has 0 aromatic heterocycles. The van der Waals surface area contributed by atoms with Gasteiger partial charge in [-0.25, -0.2) is 0 Å². The Balaban J connectivity index is 4.47. The number of carbonyl (C=O) groups excluding carboxylic acids is 3. The Bertz CT molecular complexity index is 1190. The first-order valence-corrected chi connectivity index (χ1v) is 26.4. The maximum absolute atomic E-state index is 12.8. The van der Waals surface area contributed by atoms with Gasteiger partial charge in [0.25, 0.3) is 0 Å². The third-order valence-corrected chi connectivity index (χ3v) is 11.2. The van der Waals surface area contributed by atoms with Crippen molar-refractivity contribution in [3.8, 4) is 0 Å². The van der Waals surface area contributed by atoms with E-state index in [4.69, 9.17) is 14.2 Å². The first kappa shape index (κ1) is 59.9. The Morgan fingerprint density at radius 3 is 1.08 bits per heavy atom. The van der Waals surface area contributed by atoms with Crippen molar-refractivity contribution in [1.82, 2.24) is 0 Å². The number of hydrogen-bond donors (Lipinski definition) is 0. The molecule has 0 saturated heterocycles. The lowest BCUT2D eigenvalue weighted by Gasteiger charge is -2.18. The number of allylic oxidation sites excluding steroid dienone is 12. The molecular weight excluding hydrogens is 781 g/mol. The van der Waals surface area contributed by atoms with Gasteiger partial charge in [-0.15, -0.1) is 0 Å². The highest BCUT2D eigenvalue weighted by Gasteiger charge is 2.19. The Morgan fingerprint density at radius 2 is 0.651 bits per heavy atom. The Hall–Kier alpha value is -3.15. The van der Waals surface area contributed by atoms with Crippen molar-refractivity contribution in [1.29, 1.82) is 0 Å². The van der Waals surface area contributed by atoms with E-state index in [-0.39, 0.29) is 37.5 Å². The minimum Gasteiger partial charge on any atom is -0.462 e. The van der Waals surface area contributed by atoms with E-state index in [2.05, 4.69) is 87.6 Å². The summed E-state index contributed by atoms with van der Waals surface area (Å²) >= 11 is 0. The molecule has 362 valence electrons. The normalized spacial score (nSPS) is 12.6. The maximum atomic E-state index is 12.8. The van der Waals surface area contributed by atoms with Gasteiger partial charge in [-0.05, 0) is 96.3 Å². The van der Waals surface area contributed by atoms with E-state index in [0.29, 0.717) is 19.3 Å². The summed E-state index contributed by atoms with van der Waals surface area (Å²) in [5.41, 5.74) is 0. The molecule has 0 aromatic rings. The van der Waals surface area contributed by atoms with Gasteiger partial charge in [0.2, 0.25) is 0 Å². The molecule has 0 saturated carbocycles. The molecular formula is C57H98O6. The fourth-order valence-corrected chi connectivity index (χ4v) is 7.21. The van der Waals surface area contributed by atoms with Gasteiger partial charge in [-0.1, -0.05) is 209 Å². The molecule has 0 fully saturated rings. The molecule has 1 unspecified atom stereocenters. The summed E-state index contributed by atoms with van der Waals surface area (Å²) in [7, 11) is 0. The first-order valence-electron chi connectivity index (χ1n) is 26.4. The average Bonchev–Trinajstić information content (AvgIpc) is 3.28. The van der Waals surface area contributed by atoms with E-state index in [1.54, 1.807) is 0 Å². The second kappa shape index (κ2) is 51.5. The summed E-state index contributed by atoms with van der Waals surface area (Å²) < 4.78 is 16.7. The zero-order chi connectivity index (χ0) is 45.8. The zero-order valence-electron chi connectivity index (χ0n) is 41.3. The molecule has 0 aromatic carbocycles. The lowest BCUT2D eigenvalue weighted by Crippen LogP contribution is -2.30. The maximum Gasteiger partial charge on any atom is 0.306 e. The largest absolute Gasteiger partial charge is 0.462 e. The molecule has 0 spiro atoms. The lowest BCUT2D eigenvalue weighted by atomic mass is 10.1. The topological polar surface area (TPSA) is 78.9 Å². The zero-order valence-corrected chi connectivity index (χ0v) is 41.3. The summed E-state index contributed by atoms with van der Waals surface area (Å²) in [4.78, 5) is 38.0. The highest BCUT2D eigenvalue weighted by Crippen LogP contribution is 2.14. The minimum atomic E-state index is -0.807.